The summed E-state index contributed by atoms with van der Waals surface area (Å²) < 4.78 is 30.0. The maximum atomic E-state index is 12.7. The lowest BCUT2D eigenvalue weighted by molar-refractivity contribution is -0.472. The van der Waals surface area contributed by atoms with Gasteiger partial charge in [0, 0.05) is 25.7 Å². The molecule has 0 saturated heterocycles. The number of quaternary nitrogens is 1. The van der Waals surface area contributed by atoms with Crippen LogP contribution in [-0.4, -0.2) is 24.5 Å². The van der Waals surface area contributed by atoms with Gasteiger partial charge in [-0.15, -0.1) is 0 Å². The Bertz CT molecular complexity index is 208. The molecule has 1 aliphatic carbocycles. The number of rotatable bonds is 1. The SMILES string of the molecule is COC(=O)C1([NH3+])CCC(F)(F)CC1. The normalized spacial score (nSPS) is 25.2. The minimum absolute atomic E-state index is 0.104. The first kappa shape index (κ1) is 10.4. The summed E-state index contributed by atoms with van der Waals surface area (Å²) in [6, 6.07) is 0. The third kappa shape index (κ3) is 2.15. The van der Waals surface area contributed by atoms with E-state index >= 15 is 0 Å². The zero-order valence-corrected chi connectivity index (χ0v) is 7.61. The molecule has 3 N–H and O–H groups in total. The van der Waals surface area contributed by atoms with E-state index in [9.17, 15) is 13.6 Å². The van der Waals surface area contributed by atoms with Crippen molar-refractivity contribution in [3.05, 3.63) is 0 Å². The second kappa shape index (κ2) is 3.21. The first-order valence-corrected chi connectivity index (χ1v) is 4.21. The van der Waals surface area contributed by atoms with Gasteiger partial charge in [-0.1, -0.05) is 0 Å². The number of hydrogen-bond donors (Lipinski definition) is 1. The maximum absolute atomic E-state index is 12.7. The molecule has 1 rings (SSSR count). The molecule has 0 bridgehead atoms. The molecular formula is C8H14F2NO2+. The highest BCUT2D eigenvalue weighted by atomic mass is 19.3. The molecule has 0 amide bonds. The number of carbonyl (C=O) groups excluding carboxylic acids is 1. The Morgan fingerprint density at radius 3 is 2.15 bits per heavy atom. The number of esters is 1. The van der Waals surface area contributed by atoms with E-state index in [2.05, 4.69) is 10.5 Å². The number of alkyl halides is 2. The van der Waals surface area contributed by atoms with Crippen LogP contribution in [0.5, 0.6) is 0 Å². The fourth-order valence-electron chi connectivity index (χ4n) is 1.51. The van der Waals surface area contributed by atoms with Crippen molar-refractivity contribution < 1.29 is 24.0 Å². The first-order chi connectivity index (χ1) is 5.90. The molecule has 13 heavy (non-hydrogen) atoms. The Hall–Kier alpha value is -0.710. The van der Waals surface area contributed by atoms with E-state index in [-0.39, 0.29) is 25.7 Å². The molecule has 76 valence electrons. The van der Waals surface area contributed by atoms with Crippen LogP contribution in [0.15, 0.2) is 0 Å². The van der Waals surface area contributed by atoms with Gasteiger partial charge in [-0.05, 0) is 0 Å². The van der Waals surface area contributed by atoms with E-state index < -0.39 is 17.4 Å². The van der Waals surface area contributed by atoms with E-state index in [1.54, 1.807) is 0 Å². The van der Waals surface area contributed by atoms with Crippen molar-refractivity contribution in [2.45, 2.75) is 37.1 Å². The lowest BCUT2D eigenvalue weighted by Crippen LogP contribution is -2.78. The van der Waals surface area contributed by atoms with Crippen molar-refractivity contribution in [3.63, 3.8) is 0 Å². The van der Waals surface area contributed by atoms with Gasteiger partial charge in [-0.3, -0.25) is 0 Å². The highest BCUT2D eigenvalue weighted by molar-refractivity contribution is 5.78. The average molecular weight is 194 g/mol. The highest BCUT2D eigenvalue weighted by Crippen LogP contribution is 2.36. The Balaban J connectivity index is 2.61. The van der Waals surface area contributed by atoms with Crippen molar-refractivity contribution in [2.75, 3.05) is 7.11 Å². The topological polar surface area (TPSA) is 53.9 Å². The average Bonchev–Trinajstić information content (AvgIpc) is 2.09. The lowest BCUT2D eigenvalue weighted by Gasteiger charge is -2.31. The van der Waals surface area contributed by atoms with Crippen molar-refractivity contribution in [1.82, 2.24) is 0 Å². The Labute approximate surface area is 75.2 Å². The minimum atomic E-state index is -2.63. The van der Waals surface area contributed by atoms with Crippen LogP contribution in [0.1, 0.15) is 25.7 Å². The summed E-state index contributed by atoms with van der Waals surface area (Å²) >= 11 is 0. The molecule has 0 unspecified atom stereocenters. The van der Waals surface area contributed by atoms with E-state index in [1.165, 1.54) is 7.11 Å². The molecule has 0 aromatic heterocycles. The van der Waals surface area contributed by atoms with Crippen molar-refractivity contribution in [3.8, 4) is 0 Å². The first-order valence-electron chi connectivity index (χ1n) is 4.21. The van der Waals surface area contributed by atoms with Gasteiger partial charge < -0.3 is 10.5 Å². The molecule has 1 aliphatic rings. The summed E-state index contributed by atoms with van der Waals surface area (Å²) in [6.45, 7) is 0. The van der Waals surface area contributed by atoms with Crippen molar-refractivity contribution in [2.24, 2.45) is 0 Å². The van der Waals surface area contributed by atoms with Gasteiger partial charge in [-0.25, -0.2) is 13.6 Å². The van der Waals surface area contributed by atoms with Crippen molar-refractivity contribution >= 4 is 5.97 Å². The molecule has 3 nitrogen and oxygen atoms in total. The predicted octanol–water partition coefficient (Wildman–Crippen LogP) is 0.349. The van der Waals surface area contributed by atoms with Crippen LogP contribution in [0.3, 0.4) is 0 Å². The smallest absolute Gasteiger partial charge is 0.367 e. The third-order valence-corrected chi connectivity index (χ3v) is 2.56. The number of methoxy groups -OCH3 is 1. The number of carbonyl (C=O) groups is 1. The summed E-state index contributed by atoms with van der Waals surface area (Å²) in [4.78, 5) is 11.2. The van der Waals surface area contributed by atoms with Gasteiger partial charge in [0.15, 0.2) is 5.54 Å². The molecule has 0 heterocycles. The monoisotopic (exact) mass is 194 g/mol. The number of hydrogen-bond acceptors (Lipinski definition) is 2. The van der Waals surface area contributed by atoms with Gasteiger partial charge in [0.25, 0.3) is 0 Å². The molecule has 0 radical (unpaired) electrons. The van der Waals surface area contributed by atoms with Gasteiger partial charge in [0.2, 0.25) is 5.92 Å². The fraction of sp³-hybridized carbons (Fsp3) is 0.875. The second-order valence-corrected chi connectivity index (χ2v) is 3.63. The van der Waals surface area contributed by atoms with Gasteiger partial charge >= 0.3 is 5.97 Å². The Morgan fingerprint density at radius 1 is 1.31 bits per heavy atom. The molecular weight excluding hydrogens is 180 g/mol. The molecule has 1 saturated carbocycles. The standard InChI is InChI=1S/C8H13F2NO2/c1-13-6(12)7(11)2-4-8(9,10)5-3-7/h2-5,11H2,1H3/p+1. The van der Waals surface area contributed by atoms with Crippen molar-refractivity contribution in [1.29, 1.82) is 0 Å². The largest absolute Gasteiger partial charge is 0.464 e. The van der Waals surface area contributed by atoms with Crippen LogP contribution in [0.2, 0.25) is 0 Å². The zero-order chi connectivity index (χ0) is 10.1. The van der Waals surface area contributed by atoms with Crippen LogP contribution >= 0.6 is 0 Å². The van der Waals surface area contributed by atoms with E-state index in [0.29, 0.717) is 0 Å². The van der Waals surface area contributed by atoms with Gasteiger partial charge in [0.1, 0.15) is 0 Å². The molecule has 5 heteroatoms. The molecule has 0 aromatic rings. The second-order valence-electron chi connectivity index (χ2n) is 3.63. The third-order valence-electron chi connectivity index (χ3n) is 2.56. The quantitative estimate of drug-likeness (QED) is 0.612. The maximum Gasteiger partial charge on any atom is 0.367 e. The summed E-state index contributed by atoms with van der Waals surface area (Å²) in [6.07, 6.45) is -0.337. The van der Waals surface area contributed by atoms with Gasteiger partial charge in [0.05, 0.1) is 7.11 Å². The molecule has 0 atom stereocenters. The van der Waals surface area contributed by atoms with Crippen LogP contribution in [0.25, 0.3) is 0 Å². The Kier molecular flexibility index (Phi) is 2.56. The van der Waals surface area contributed by atoms with E-state index in [1.807, 2.05) is 0 Å². The van der Waals surface area contributed by atoms with Gasteiger partial charge in [-0.2, -0.15) is 0 Å². The molecule has 0 aliphatic heterocycles. The Morgan fingerprint density at radius 2 is 1.77 bits per heavy atom. The molecule has 0 spiro atoms. The zero-order valence-electron chi connectivity index (χ0n) is 7.61. The van der Waals surface area contributed by atoms with E-state index in [0.717, 1.165) is 0 Å². The van der Waals surface area contributed by atoms with Crippen LogP contribution in [0.4, 0.5) is 8.78 Å². The summed E-state index contributed by atoms with van der Waals surface area (Å²) in [5.74, 6) is -3.11. The van der Waals surface area contributed by atoms with E-state index in [4.69, 9.17) is 0 Å². The van der Waals surface area contributed by atoms with Crippen LogP contribution in [-0.2, 0) is 9.53 Å². The number of halogens is 2. The highest BCUT2D eigenvalue weighted by Gasteiger charge is 2.49. The lowest BCUT2D eigenvalue weighted by atomic mass is 9.81. The fourth-order valence-corrected chi connectivity index (χ4v) is 1.51. The minimum Gasteiger partial charge on any atom is -0.464 e. The summed E-state index contributed by atoms with van der Waals surface area (Å²) in [5.41, 5.74) is 2.71. The van der Waals surface area contributed by atoms with Crippen LogP contribution < -0.4 is 5.73 Å². The summed E-state index contributed by atoms with van der Waals surface area (Å²) in [5, 5.41) is 0. The summed E-state index contributed by atoms with van der Waals surface area (Å²) in [7, 11) is 1.25. The predicted molar refractivity (Wildman–Crippen MR) is 41.1 cm³/mol. The van der Waals surface area contributed by atoms with Crippen LogP contribution in [0, 0.1) is 0 Å². The number of ether oxygens (including phenoxy) is 1. The molecule has 1 fully saturated rings. The molecule has 0 aromatic carbocycles.